The summed E-state index contributed by atoms with van der Waals surface area (Å²) in [6.45, 7) is 4.03. The molecule has 2 aromatic carbocycles. The average Bonchev–Trinajstić information content (AvgIpc) is 2.60. The Morgan fingerprint density at radius 3 is 2.62 bits per heavy atom. The van der Waals surface area contributed by atoms with Gasteiger partial charge in [-0.2, -0.15) is 0 Å². The number of halogens is 2. The first kappa shape index (κ1) is 16.7. The SMILES string of the molecule is CC1(C)CC(Nc2nc(C(F)F)nc3ccccc23)c2ccccc2O1. The van der Waals surface area contributed by atoms with Gasteiger partial charge in [0.05, 0.1) is 11.6 Å². The zero-order valence-electron chi connectivity index (χ0n) is 14.5. The molecule has 0 aliphatic carbocycles. The molecule has 0 bridgehead atoms. The third-order valence-corrected chi connectivity index (χ3v) is 4.50. The predicted molar refractivity (Wildman–Crippen MR) is 96.6 cm³/mol. The maximum absolute atomic E-state index is 13.2. The number of hydrogen-bond acceptors (Lipinski definition) is 4. The zero-order chi connectivity index (χ0) is 18.3. The Balaban J connectivity index is 1.80. The van der Waals surface area contributed by atoms with Gasteiger partial charge in [0.15, 0.2) is 5.82 Å². The molecule has 6 heteroatoms. The Hall–Kier alpha value is -2.76. The summed E-state index contributed by atoms with van der Waals surface area (Å²) in [5.41, 5.74) is 1.12. The monoisotopic (exact) mass is 355 g/mol. The summed E-state index contributed by atoms with van der Waals surface area (Å²) in [5, 5.41) is 4.09. The number of para-hydroxylation sites is 2. The number of ether oxygens (including phenoxy) is 1. The highest BCUT2D eigenvalue weighted by Gasteiger charge is 2.34. The molecule has 0 radical (unpaired) electrons. The number of nitrogens with zero attached hydrogens (tertiary/aromatic N) is 2. The van der Waals surface area contributed by atoms with Crippen molar-refractivity contribution in [3.8, 4) is 5.75 Å². The number of alkyl halides is 2. The van der Waals surface area contributed by atoms with Crippen molar-refractivity contribution in [3.63, 3.8) is 0 Å². The number of aromatic nitrogens is 2. The van der Waals surface area contributed by atoms with Gasteiger partial charge in [-0.05, 0) is 32.0 Å². The van der Waals surface area contributed by atoms with Gasteiger partial charge in [0.1, 0.15) is 17.2 Å². The Kier molecular flexibility index (Phi) is 3.98. The van der Waals surface area contributed by atoms with Crippen molar-refractivity contribution >= 4 is 16.7 Å². The number of nitrogens with one attached hydrogen (secondary N) is 1. The van der Waals surface area contributed by atoms with Crippen LogP contribution in [0, 0.1) is 0 Å². The largest absolute Gasteiger partial charge is 0.487 e. The van der Waals surface area contributed by atoms with E-state index in [0.717, 1.165) is 16.7 Å². The molecule has 3 aromatic rings. The van der Waals surface area contributed by atoms with Crippen molar-refractivity contribution in [2.75, 3.05) is 5.32 Å². The van der Waals surface area contributed by atoms with Gasteiger partial charge >= 0.3 is 0 Å². The topological polar surface area (TPSA) is 47.0 Å². The van der Waals surface area contributed by atoms with E-state index in [-0.39, 0.29) is 11.6 Å². The Morgan fingerprint density at radius 1 is 1.08 bits per heavy atom. The van der Waals surface area contributed by atoms with Crippen LogP contribution in [0.5, 0.6) is 5.75 Å². The van der Waals surface area contributed by atoms with Crippen LogP contribution in [0.25, 0.3) is 10.9 Å². The summed E-state index contributed by atoms with van der Waals surface area (Å²) in [7, 11) is 0. The van der Waals surface area contributed by atoms with Crippen molar-refractivity contribution in [1.29, 1.82) is 0 Å². The maximum atomic E-state index is 13.2. The first-order valence-corrected chi connectivity index (χ1v) is 8.52. The molecule has 0 saturated heterocycles. The lowest BCUT2D eigenvalue weighted by Crippen LogP contribution is -2.37. The molecule has 2 heterocycles. The standard InChI is InChI=1S/C20H19F2N3O/c1-20(2)11-15(12-7-4-6-10-16(12)26-20)24-18-13-8-3-5-9-14(13)23-19(25-18)17(21)22/h3-10,15,17H,11H2,1-2H3,(H,23,24,25). The molecule has 1 aliphatic heterocycles. The van der Waals surface area contributed by atoms with Crippen LogP contribution in [0.15, 0.2) is 48.5 Å². The summed E-state index contributed by atoms with van der Waals surface area (Å²) in [5.74, 6) is 0.753. The van der Waals surface area contributed by atoms with Gasteiger partial charge in [-0.15, -0.1) is 0 Å². The minimum Gasteiger partial charge on any atom is -0.487 e. The minimum atomic E-state index is -2.72. The predicted octanol–water partition coefficient (Wildman–Crippen LogP) is 5.28. The molecule has 1 N–H and O–H groups in total. The van der Waals surface area contributed by atoms with Crippen molar-refractivity contribution in [2.45, 2.75) is 38.3 Å². The second-order valence-electron chi connectivity index (χ2n) is 7.05. The number of benzene rings is 2. The number of hydrogen-bond donors (Lipinski definition) is 1. The van der Waals surface area contributed by atoms with E-state index in [9.17, 15) is 8.78 Å². The van der Waals surface area contributed by atoms with Gasteiger partial charge in [0, 0.05) is 17.4 Å². The maximum Gasteiger partial charge on any atom is 0.297 e. The third-order valence-electron chi connectivity index (χ3n) is 4.50. The van der Waals surface area contributed by atoms with E-state index < -0.39 is 12.2 Å². The zero-order valence-corrected chi connectivity index (χ0v) is 14.5. The molecule has 0 fully saturated rings. The molecule has 1 aromatic heterocycles. The van der Waals surface area contributed by atoms with Gasteiger partial charge in [-0.25, -0.2) is 18.7 Å². The number of fused-ring (bicyclic) bond motifs is 2. The summed E-state index contributed by atoms with van der Waals surface area (Å²) in [6.07, 6.45) is -2.04. The van der Waals surface area contributed by atoms with Crippen LogP contribution in [0.4, 0.5) is 14.6 Å². The van der Waals surface area contributed by atoms with Gasteiger partial charge < -0.3 is 10.1 Å². The van der Waals surface area contributed by atoms with Gasteiger partial charge in [0.2, 0.25) is 0 Å². The number of anilines is 1. The van der Waals surface area contributed by atoms with Crippen LogP contribution in [0.2, 0.25) is 0 Å². The molecular formula is C20H19F2N3O. The van der Waals surface area contributed by atoms with Crippen LogP contribution in [0.3, 0.4) is 0 Å². The van der Waals surface area contributed by atoms with Crippen molar-refractivity contribution < 1.29 is 13.5 Å². The van der Waals surface area contributed by atoms with Gasteiger partial charge in [-0.1, -0.05) is 30.3 Å². The molecule has 0 spiro atoms. The minimum absolute atomic E-state index is 0.0984. The van der Waals surface area contributed by atoms with Crippen molar-refractivity contribution in [3.05, 3.63) is 59.9 Å². The summed E-state index contributed by atoms with van der Waals surface area (Å²) in [6, 6.07) is 14.9. The quantitative estimate of drug-likeness (QED) is 0.694. The van der Waals surface area contributed by atoms with Gasteiger partial charge in [-0.3, -0.25) is 0 Å². The second kappa shape index (κ2) is 6.20. The third kappa shape index (κ3) is 3.07. The summed E-state index contributed by atoms with van der Waals surface area (Å²) in [4.78, 5) is 8.08. The van der Waals surface area contributed by atoms with Crippen LogP contribution in [-0.4, -0.2) is 15.6 Å². The summed E-state index contributed by atoms with van der Waals surface area (Å²) >= 11 is 0. The fraction of sp³-hybridized carbons (Fsp3) is 0.300. The van der Waals surface area contributed by atoms with E-state index in [2.05, 4.69) is 15.3 Å². The van der Waals surface area contributed by atoms with E-state index in [1.165, 1.54) is 0 Å². The molecule has 4 rings (SSSR count). The van der Waals surface area contributed by atoms with Crippen LogP contribution >= 0.6 is 0 Å². The summed E-state index contributed by atoms with van der Waals surface area (Å²) < 4.78 is 32.5. The molecule has 0 amide bonds. The van der Waals surface area contributed by atoms with Gasteiger partial charge in [0.25, 0.3) is 6.43 Å². The first-order valence-electron chi connectivity index (χ1n) is 8.52. The normalized spacial score (nSPS) is 18.4. The molecule has 1 aliphatic rings. The highest BCUT2D eigenvalue weighted by molar-refractivity contribution is 5.89. The molecule has 1 atom stereocenters. The molecule has 26 heavy (non-hydrogen) atoms. The molecule has 0 saturated carbocycles. The van der Waals surface area contributed by atoms with E-state index in [0.29, 0.717) is 17.8 Å². The second-order valence-corrected chi connectivity index (χ2v) is 7.05. The van der Waals surface area contributed by atoms with Crippen LogP contribution < -0.4 is 10.1 Å². The Bertz CT molecular complexity index is 959. The first-order chi connectivity index (χ1) is 12.4. The van der Waals surface area contributed by atoms with E-state index in [4.69, 9.17) is 4.74 Å². The highest BCUT2D eigenvalue weighted by Crippen LogP contribution is 2.41. The average molecular weight is 355 g/mol. The molecule has 1 unspecified atom stereocenters. The van der Waals surface area contributed by atoms with E-state index in [1.807, 2.05) is 50.2 Å². The lowest BCUT2D eigenvalue weighted by atomic mass is 9.89. The molecule has 4 nitrogen and oxygen atoms in total. The van der Waals surface area contributed by atoms with Crippen molar-refractivity contribution in [2.24, 2.45) is 0 Å². The lowest BCUT2D eigenvalue weighted by Gasteiger charge is -2.38. The highest BCUT2D eigenvalue weighted by atomic mass is 19.3. The van der Waals surface area contributed by atoms with E-state index >= 15 is 0 Å². The van der Waals surface area contributed by atoms with Crippen LogP contribution in [-0.2, 0) is 0 Å². The Labute approximate surface area is 150 Å². The van der Waals surface area contributed by atoms with Crippen LogP contribution in [0.1, 0.15) is 44.1 Å². The van der Waals surface area contributed by atoms with Crippen molar-refractivity contribution in [1.82, 2.24) is 9.97 Å². The van der Waals surface area contributed by atoms with E-state index in [1.54, 1.807) is 12.1 Å². The fourth-order valence-corrected chi connectivity index (χ4v) is 3.40. The molecular weight excluding hydrogens is 336 g/mol. The molecule has 134 valence electrons. The number of rotatable bonds is 3. The lowest BCUT2D eigenvalue weighted by molar-refractivity contribution is 0.0758. The smallest absolute Gasteiger partial charge is 0.297 e. The fourth-order valence-electron chi connectivity index (χ4n) is 3.40. The Morgan fingerprint density at radius 2 is 1.81 bits per heavy atom.